The third-order valence-corrected chi connectivity index (χ3v) is 9.68. The Kier molecular flexibility index (Phi) is 6.59. The molecule has 1 atom stereocenters. The number of fused-ring (bicyclic) bond motifs is 2. The van der Waals surface area contributed by atoms with Crippen LogP contribution in [0.2, 0.25) is 0 Å². The first-order chi connectivity index (χ1) is 18.2. The van der Waals surface area contributed by atoms with Crippen molar-refractivity contribution < 1.29 is 13.2 Å². The van der Waals surface area contributed by atoms with Crippen LogP contribution in [0.5, 0.6) is 0 Å². The maximum Gasteiger partial charge on any atom is 0.248 e. The zero-order valence-electron chi connectivity index (χ0n) is 22.4. The van der Waals surface area contributed by atoms with E-state index in [1.807, 2.05) is 6.20 Å². The lowest BCUT2D eigenvalue weighted by Gasteiger charge is -2.35. The van der Waals surface area contributed by atoms with Gasteiger partial charge < -0.3 is 5.32 Å². The van der Waals surface area contributed by atoms with Gasteiger partial charge in [-0.2, -0.15) is 0 Å². The molecule has 0 bridgehead atoms. The van der Waals surface area contributed by atoms with E-state index in [1.54, 1.807) is 6.07 Å². The molecule has 1 unspecified atom stereocenters. The molecule has 0 saturated heterocycles. The van der Waals surface area contributed by atoms with E-state index in [0.717, 1.165) is 46.5 Å². The number of halogens is 3. The molecule has 1 N–H and O–H groups in total. The Morgan fingerprint density at radius 3 is 2.50 bits per heavy atom. The zero-order valence-corrected chi connectivity index (χ0v) is 22.4. The minimum absolute atomic E-state index is 0.0423. The smallest absolute Gasteiger partial charge is 0.248 e. The first-order valence-electron chi connectivity index (χ1n) is 14.3. The highest BCUT2D eigenvalue weighted by molar-refractivity contribution is 6.01. The molecule has 4 aliphatic rings. The molecule has 1 aromatic heterocycles. The maximum atomic E-state index is 15.5. The first kappa shape index (κ1) is 25.6. The van der Waals surface area contributed by atoms with Gasteiger partial charge in [-0.05, 0) is 80.2 Å². The minimum atomic E-state index is -2.52. The first-order valence-corrected chi connectivity index (χ1v) is 14.3. The van der Waals surface area contributed by atoms with Gasteiger partial charge in [0.2, 0.25) is 11.9 Å². The highest BCUT2D eigenvalue weighted by Gasteiger charge is 2.44. The fourth-order valence-corrected chi connectivity index (χ4v) is 7.12. The standard InChI is InChI=1S/C31H37F3N4/c1-19-30(2,22-7-5-3-4-6-8-22)25-15-21(16-26(32)28(25)37-19)23-9-10-27-24(23)18-36-29(38-27)35-17-20-11-13-31(33,34)14-12-20/h9,15-16,18,20,22H,3-8,10-14,17H2,1-2H3,(H,35,36,38). The van der Waals surface area contributed by atoms with Crippen molar-refractivity contribution in [1.82, 2.24) is 9.97 Å². The average molecular weight is 523 g/mol. The van der Waals surface area contributed by atoms with Crippen LogP contribution in [0.3, 0.4) is 0 Å². The lowest BCUT2D eigenvalue weighted by Crippen LogP contribution is -2.36. The van der Waals surface area contributed by atoms with Crippen molar-refractivity contribution >= 4 is 22.9 Å². The lowest BCUT2D eigenvalue weighted by molar-refractivity contribution is -0.0443. The number of allylic oxidation sites excluding steroid dienone is 1. The van der Waals surface area contributed by atoms with Crippen LogP contribution in [0.25, 0.3) is 5.57 Å². The van der Waals surface area contributed by atoms with Crippen molar-refractivity contribution in [2.75, 3.05) is 11.9 Å². The second-order valence-corrected chi connectivity index (χ2v) is 12.0. The number of aromatic nitrogens is 2. The summed E-state index contributed by atoms with van der Waals surface area (Å²) in [5.74, 6) is -1.57. The van der Waals surface area contributed by atoms with Gasteiger partial charge in [0.25, 0.3) is 0 Å². The number of alkyl halides is 2. The number of hydrogen-bond acceptors (Lipinski definition) is 4. The number of nitrogens with zero attached hydrogens (tertiary/aromatic N) is 3. The Balaban J connectivity index is 1.22. The van der Waals surface area contributed by atoms with Crippen LogP contribution < -0.4 is 5.32 Å². The molecule has 0 spiro atoms. The number of rotatable bonds is 5. The van der Waals surface area contributed by atoms with Gasteiger partial charge in [-0.3, -0.25) is 4.99 Å². The molecule has 2 fully saturated rings. The number of benzene rings is 1. The predicted molar refractivity (Wildman–Crippen MR) is 146 cm³/mol. The molecular formula is C31H37F3N4. The van der Waals surface area contributed by atoms with Gasteiger partial charge in [0.15, 0.2) is 0 Å². The van der Waals surface area contributed by atoms with Gasteiger partial charge in [0, 0.05) is 48.7 Å². The van der Waals surface area contributed by atoms with E-state index >= 15 is 4.39 Å². The minimum Gasteiger partial charge on any atom is -0.354 e. The van der Waals surface area contributed by atoms with Crippen LogP contribution in [0.1, 0.15) is 100 Å². The summed E-state index contributed by atoms with van der Waals surface area (Å²) in [5.41, 5.74) is 5.97. The van der Waals surface area contributed by atoms with Crippen molar-refractivity contribution in [3.05, 3.63) is 52.6 Å². The van der Waals surface area contributed by atoms with Gasteiger partial charge in [-0.15, -0.1) is 0 Å². The topological polar surface area (TPSA) is 50.2 Å². The molecule has 38 heavy (non-hydrogen) atoms. The van der Waals surface area contributed by atoms with E-state index in [4.69, 9.17) is 9.98 Å². The van der Waals surface area contributed by atoms with Crippen molar-refractivity contribution in [2.24, 2.45) is 16.8 Å². The van der Waals surface area contributed by atoms with Crippen LogP contribution in [-0.4, -0.2) is 28.1 Å². The molecule has 7 heteroatoms. The Labute approximate surface area is 223 Å². The van der Waals surface area contributed by atoms with E-state index in [2.05, 4.69) is 36.3 Å². The largest absolute Gasteiger partial charge is 0.354 e. The third-order valence-electron chi connectivity index (χ3n) is 9.68. The predicted octanol–water partition coefficient (Wildman–Crippen LogP) is 8.18. The van der Waals surface area contributed by atoms with E-state index in [9.17, 15) is 8.78 Å². The summed E-state index contributed by atoms with van der Waals surface area (Å²) >= 11 is 0. The van der Waals surface area contributed by atoms with Gasteiger partial charge >= 0.3 is 0 Å². The average Bonchev–Trinajstić information content (AvgIpc) is 3.28. The molecule has 6 rings (SSSR count). The fourth-order valence-electron chi connectivity index (χ4n) is 7.12. The Morgan fingerprint density at radius 1 is 1.03 bits per heavy atom. The quantitative estimate of drug-likeness (QED) is 0.403. The summed E-state index contributed by atoms with van der Waals surface area (Å²) in [6.07, 6.45) is 12.9. The second-order valence-electron chi connectivity index (χ2n) is 12.0. The highest BCUT2D eigenvalue weighted by Crippen LogP contribution is 2.51. The van der Waals surface area contributed by atoms with Crippen LogP contribution in [0, 0.1) is 17.7 Å². The van der Waals surface area contributed by atoms with Crippen molar-refractivity contribution in [3.63, 3.8) is 0 Å². The maximum absolute atomic E-state index is 15.5. The molecule has 3 aliphatic carbocycles. The fraction of sp³-hybridized carbons (Fsp3) is 0.581. The monoisotopic (exact) mass is 522 g/mol. The highest BCUT2D eigenvalue weighted by atomic mass is 19.3. The summed E-state index contributed by atoms with van der Waals surface area (Å²) in [6.45, 7) is 4.93. The van der Waals surface area contributed by atoms with Crippen molar-refractivity contribution in [1.29, 1.82) is 0 Å². The Morgan fingerprint density at radius 2 is 1.76 bits per heavy atom. The number of anilines is 1. The normalized spacial score (nSPS) is 25.4. The van der Waals surface area contributed by atoms with Gasteiger partial charge in [0.1, 0.15) is 11.5 Å². The lowest BCUT2D eigenvalue weighted by atomic mass is 9.66. The van der Waals surface area contributed by atoms with Crippen LogP contribution in [0.4, 0.5) is 24.8 Å². The van der Waals surface area contributed by atoms with Gasteiger partial charge in [-0.25, -0.2) is 23.1 Å². The molecule has 0 amide bonds. The Hall–Kier alpha value is -2.70. The zero-order chi connectivity index (χ0) is 26.5. The number of nitrogens with one attached hydrogen (secondary N) is 1. The summed E-state index contributed by atoms with van der Waals surface area (Å²) in [4.78, 5) is 14.0. The third kappa shape index (κ3) is 4.56. The van der Waals surface area contributed by atoms with E-state index < -0.39 is 5.92 Å². The van der Waals surface area contributed by atoms with Gasteiger partial charge in [0.05, 0.1) is 5.69 Å². The summed E-state index contributed by atoms with van der Waals surface area (Å²) < 4.78 is 42.4. The molecule has 2 saturated carbocycles. The molecule has 202 valence electrons. The van der Waals surface area contributed by atoms with Crippen molar-refractivity contribution in [3.8, 4) is 0 Å². The molecule has 1 aromatic carbocycles. The van der Waals surface area contributed by atoms with Crippen molar-refractivity contribution in [2.45, 2.75) is 95.8 Å². The second kappa shape index (κ2) is 9.80. The SMILES string of the molecule is CC1=Nc2c(F)cc(C3=CCc4nc(NCC5CCC(F)(F)CC5)ncc43)cc2C1(C)C1CCCCCC1. The summed E-state index contributed by atoms with van der Waals surface area (Å²) in [5, 5.41) is 3.26. The summed E-state index contributed by atoms with van der Waals surface area (Å²) in [7, 11) is 0. The molecule has 4 nitrogen and oxygen atoms in total. The molecular weight excluding hydrogens is 485 g/mol. The van der Waals surface area contributed by atoms with Crippen LogP contribution in [0.15, 0.2) is 29.4 Å². The molecule has 2 heterocycles. The number of aliphatic imine (C=N–C) groups is 1. The molecule has 1 aliphatic heterocycles. The van der Waals surface area contributed by atoms with E-state index in [0.29, 0.717) is 43.4 Å². The number of hydrogen-bond donors (Lipinski definition) is 1. The van der Waals surface area contributed by atoms with E-state index in [-0.39, 0.29) is 30.0 Å². The van der Waals surface area contributed by atoms with E-state index in [1.165, 1.54) is 25.7 Å². The van der Waals surface area contributed by atoms with Crippen LogP contribution in [-0.2, 0) is 11.8 Å². The summed E-state index contributed by atoms with van der Waals surface area (Å²) in [6, 6.07) is 3.77. The Bertz CT molecular complexity index is 1280. The van der Waals surface area contributed by atoms with Crippen LogP contribution >= 0.6 is 0 Å². The molecule has 2 aromatic rings. The van der Waals surface area contributed by atoms with Gasteiger partial charge in [-0.1, -0.05) is 31.8 Å². The molecule has 0 radical (unpaired) electrons.